The molecule has 0 atom stereocenters. The molecule has 0 saturated heterocycles. The van der Waals surface area contributed by atoms with Crippen LogP contribution in [0.3, 0.4) is 0 Å². The third kappa shape index (κ3) is 3.45. The van der Waals surface area contributed by atoms with Gasteiger partial charge in [-0.1, -0.05) is 0 Å². The van der Waals surface area contributed by atoms with Crippen LogP contribution in [0.25, 0.3) is 43.5 Å². The molecule has 0 amide bonds. The van der Waals surface area contributed by atoms with Crippen LogP contribution in [0.15, 0.2) is 45.6 Å². The number of fused-ring (bicyclic) bond motifs is 5. The van der Waals surface area contributed by atoms with Crippen LogP contribution in [0.1, 0.15) is 5.56 Å². The van der Waals surface area contributed by atoms with Crippen LogP contribution in [0.2, 0.25) is 0 Å². The van der Waals surface area contributed by atoms with E-state index in [1.165, 1.54) is 7.11 Å². The molecule has 0 aliphatic rings. The Morgan fingerprint density at radius 1 is 0.639 bits per heavy atom. The van der Waals surface area contributed by atoms with Gasteiger partial charge in [0.2, 0.25) is 5.43 Å². The van der Waals surface area contributed by atoms with Gasteiger partial charge in [0, 0.05) is 19.2 Å². The molecular formula is C28H26O8. The van der Waals surface area contributed by atoms with Gasteiger partial charge in [0.25, 0.3) is 0 Å². The van der Waals surface area contributed by atoms with Crippen molar-refractivity contribution in [2.45, 2.75) is 6.61 Å². The molecular weight excluding hydrogens is 464 g/mol. The lowest BCUT2D eigenvalue weighted by Crippen LogP contribution is -2.09. The molecule has 0 bridgehead atoms. The maximum atomic E-state index is 14.2. The van der Waals surface area contributed by atoms with Crippen LogP contribution in [0.5, 0.6) is 28.7 Å². The largest absolute Gasteiger partial charge is 0.497 e. The molecule has 186 valence electrons. The summed E-state index contributed by atoms with van der Waals surface area (Å²) in [5.74, 6) is 2.63. The summed E-state index contributed by atoms with van der Waals surface area (Å²) in [6.45, 7) is 0.207. The Kier molecular flexibility index (Phi) is 5.97. The molecule has 0 aliphatic carbocycles. The molecule has 0 unspecified atom stereocenters. The van der Waals surface area contributed by atoms with Crippen molar-refractivity contribution in [1.29, 1.82) is 0 Å². The first-order valence-electron chi connectivity index (χ1n) is 11.2. The summed E-state index contributed by atoms with van der Waals surface area (Å²) in [5.41, 5.74) is 1.19. The molecule has 5 aromatic rings. The summed E-state index contributed by atoms with van der Waals surface area (Å²) in [6, 6.07) is 10.9. The number of methoxy groups -OCH3 is 6. The smallest absolute Gasteiger partial charge is 0.204 e. The van der Waals surface area contributed by atoms with E-state index in [1.807, 2.05) is 18.2 Å². The molecule has 0 spiro atoms. The van der Waals surface area contributed by atoms with Crippen molar-refractivity contribution >= 4 is 43.5 Å². The van der Waals surface area contributed by atoms with E-state index < -0.39 is 0 Å². The van der Waals surface area contributed by atoms with E-state index in [-0.39, 0.29) is 12.0 Å². The lowest BCUT2D eigenvalue weighted by molar-refractivity contribution is 0.186. The van der Waals surface area contributed by atoms with E-state index in [1.54, 1.807) is 53.7 Å². The third-order valence-corrected chi connectivity index (χ3v) is 6.39. The molecule has 8 nitrogen and oxygen atoms in total. The topological polar surface area (TPSA) is 85.6 Å². The molecule has 5 rings (SSSR count). The molecule has 0 fully saturated rings. The second kappa shape index (κ2) is 9.13. The van der Waals surface area contributed by atoms with Gasteiger partial charge in [-0.15, -0.1) is 0 Å². The fourth-order valence-electron chi connectivity index (χ4n) is 4.83. The van der Waals surface area contributed by atoms with Crippen LogP contribution in [-0.4, -0.2) is 42.7 Å². The zero-order valence-corrected chi connectivity index (χ0v) is 20.9. The first kappa shape index (κ1) is 23.6. The zero-order chi connectivity index (χ0) is 25.6. The van der Waals surface area contributed by atoms with Gasteiger partial charge in [-0.25, -0.2) is 0 Å². The lowest BCUT2D eigenvalue weighted by atomic mass is 9.97. The summed E-state index contributed by atoms with van der Waals surface area (Å²) in [5, 5.41) is 3.55. The van der Waals surface area contributed by atoms with Gasteiger partial charge in [0.15, 0.2) is 5.58 Å². The average Bonchev–Trinajstić information content (AvgIpc) is 2.90. The molecule has 4 aromatic carbocycles. The normalized spacial score (nSPS) is 11.4. The van der Waals surface area contributed by atoms with E-state index >= 15 is 0 Å². The number of rotatable bonds is 7. The van der Waals surface area contributed by atoms with Crippen LogP contribution in [-0.2, 0) is 11.3 Å². The zero-order valence-electron chi connectivity index (χ0n) is 20.9. The van der Waals surface area contributed by atoms with E-state index in [0.717, 1.165) is 10.8 Å². The Morgan fingerprint density at radius 3 is 1.81 bits per heavy atom. The predicted molar refractivity (Wildman–Crippen MR) is 138 cm³/mol. The summed E-state index contributed by atoms with van der Waals surface area (Å²) in [7, 11) is 9.40. The van der Waals surface area contributed by atoms with E-state index in [4.69, 9.17) is 32.8 Å². The number of benzene rings is 4. The molecule has 36 heavy (non-hydrogen) atoms. The van der Waals surface area contributed by atoms with Crippen molar-refractivity contribution in [3.05, 3.63) is 52.2 Å². The van der Waals surface area contributed by atoms with E-state index in [0.29, 0.717) is 67.0 Å². The molecule has 0 aliphatic heterocycles. The maximum absolute atomic E-state index is 14.2. The van der Waals surface area contributed by atoms with E-state index in [9.17, 15) is 4.79 Å². The average molecular weight is 491 g/mol. The third-order valence-electron chi connectivity index (χ3n) is 6.39. The Morgan fingerprint density at radius 2 is 1.25 bits per heavy atom. The monoisotopic (exact) mass is 490 g/mol. The minimum absolute atomic E-state index is 0.207. The fraction of sp³-hybridized carbons (Fsp3) is 0.250. The number of ether oxygens (including phenoxy) is 6. The number of hydrogen-bond donors (Lipinski definition) is 0. The first-order valence-corrected chi connectivity index (χ1v) is 11.2. The van der Waals surface area contributed by atoms with Gasteiger partial charge in [-0.05, 0) is 40.6 Å². The van der Waals surface area contributed by atoms with Gasteiger partial charge < -0.3 is 32.8 Å². The second-order valence-corrected chi connectivity index (χ2v) is 8.24. The SMILES string of the molecule is COCc1cc2cc(OC)cc(OC)c2c2oc3cc4cc(OC)cc(OC)c4c(OC)c3c(=O)c12. The second-order valence-electron chi connectivity index (χ2n) is 8.24. The summed E-state index contributed by atoms with van der Waals surface area (Å²) in [4.78, 5) is 14.2. The van der Waals surface area contributed by atoms with Crippen LogP contribution in [0.4, 0.5) is 0 Å². The van der Waals surface area contributed by atoms with Crippen molar-refractivity contribution in [2.75, 3.05) is 42.7 Å². The summed E-state index contributed by atoms with van der Waals surface area (Å²) >= 11 is 0. The highest BCUT2D eigenvalue weighted by Gasteiger charge is 2.23. The molecule has 0 saturated carbocycles. The fourth-order valence-corrected chi connectivity index (χ4v) is 4.83. The highest BCUT2D eigenvalue weighted by atomic mass is 16.5. The summed E-state index contributed by atoms with van der Waals surface area (Å²) in [6.07, 6.45) is 0. The molecule has 8 heteroatoms. The number of hydrogen-bond acceptors (Lipinski definition) is 8. The minimum atomic E-state index is -0.241. The Hall–Kier alpha value is -4.17. The van der Waals surface area contributed by atoms with Gasteiger partial charge in [0.1, 0.15) is 39.7 Å². The van der Waals surface area contributed by atoms with Gasteiger partial charge >= 0.3 is 0 Å². The van der Waals surface area contributed by atoms with Gasteiger partial charge in [-0.2, -0.15) is 0 Å². The van der Waals surface area contributed by atoms with Crippen LogP contribution >= 0.6 is 0 Å². The van der Waals surface area contributed by atoms with Crippen LogP contribution in [0, 0.1) is 0 Å². The van der Waals surface area contributed by atoms with Crippen molar-refractivity contribution in [3.63, 3.8) is 0 Å². The van der Waals surface area contributed by atoms with Crippen LogP contribution < -0.4 is 29.1 Å². The van der Waals surface area contributed by atoms with Crippen molar-refractivity contribution in [2.24, 2.45) is 0 Å². The van der Waals surface area contributed by atoms with Crippen molar-refractivity contribution in [1.82, 2.24) is 0 Å². The molecule has 0 N–H and O–H groups in total. The minimum Gasteiger partial charge on any atom is -0.497 e. The molecule has 1 heterocycles. The highest BCUT2D eigenvalue weighted by Crippen LogP contribution is 2.44. The van der Waals surface area contributed by atoms with Crippen molar-refractivity contribution in [3.8, 4) is 28.7 Å². The maximum Gasteiger partial charge on any atom is 0.204 e. The first-order chi connectivity index (χ1) is 17.5. The summed E-state index contributed by atoms with van der Waals surface area (Å²) < 4.78 is 39.9. The Bertz CT molecular complexity index is 1700. The van der Waals surface area contributed by atoms with E-state index in [2.05, 4.69) is 0 Å². The molecule has 1 aromatic heterocycles. The highest BCUT2D eigenvalue weighted by molar-refractivity contribution is 6.14. The standard InChI is InChI=1S/C28H26O8/c1-30-13-16-7-14-8-17(31-2)12-20(34-5)23(14)28-24(16)26(29)25-21(36-28)10-15-9-18(32-3)11-19(33-4)22(15)27(25)35-6/h7-12H,13H2,1-6H3. The quantitative estimate of drug-likeness (QED) is 0.220. The Balaban J connectivity index is 2.05. The van der Waals surface area contributed by atoms with Gasteiger partial charge in [-0.3, -0.25) is 4.79 Å². The predicted octanol–water partition coefficient (Wildman–Crippen LogP) is 5.44. The lowest BCUT2D eigenvalue weighted by Gasteiger charge is -2.17. The van der Waals surface area contributed by atoms with Gasteiger partial charge in [0.05, 0.1) is 58.3 Å². The molecule has 0 radical (unpaired) electrons. The van der Waals surface area contributed by atoms with Crippen molar-refractivity contribution < 1.29 is 32.8 Å². The Labute approximate surface area is 206 Å².